The fourth-order valence-electron chi connectivity index (χ4n) is 2.36. The van der Waals surface area contributed by atoms with Crippen molar-refractivity contribution in [2.24, 2.45) is 0 Å². The van der Waals surface area contributed by atoms with Crippen molar-refractivity contribution in [3.05, 3.63) is 75.7 Å². The van der Waals surface area contributed by atoms with E-state index in [2.05, 4.69) is 0 Å². The van der Waals surface area contributed by atoms with E-state index in [-0.39, 0.29) is 5.56 Å². The van der Waals surface area contributed by atoms with Crippen molar-refractivity contribution in [1.29, 1.82) is 0 Å². The van der Waals surface area contributed by atoms with Crippen LogP contribution in [0.5, 0.6) is 0 Å². The molecule has 0 radical (unpaired) electrons. The number of aromatic nitrogens is 1. The van der Waals surface area contributed by atoms with Gasteiger partial charge in [0.15, 0.2) is 0 Å². The van der Waals surface area contributed by atoms with Crippen molar-refractivity contribution in [2.75, 3.05) is 7.11 Å². The van der Waals surface area contributed by atoms with Gasteiger partial charge in [0.1, 0.15) is 0 Å². The molecule has 4 nitrogen and oxygen atoms in total. The molecule has 0 spiro atoms. The Bertz CT molecular complexity index is 913. The number of methoxy groups -OCH3 is 1. The number of hydrogen-bond acceptors (Lipinski definition) is 3. The van der Waals surface area contributed by atoms with Gasteiger partial charge >= 0.3 is 5.97 Å². The monoisotopic (exact) mass is 313 g/mol. The quantitative estimate of drug-likeness (QED) is 0.681. The molecule has 3 rings (SSSR count). The van der Waals surface area contributed by atoms with Crippen molar-refractivity contribution >= 4 is 23.1 Å². The maximum Gasteiger partial charge on any atom is 0.340 e. The Kier molecular flexibility index (Phi) is 3.69. The van der Waals surface area contributed by atoms with E-state index in [1.165, 1.54) is 11.5 Å². The summed E-state index contributed by atoms with van der Waals surface area (Å²) in [6.07, 6.45) is 1.63. The summed E-state index contributed by atoms with van der Waals surface area (Å²) in [7, 11) is 1.31. The smallest absolute Gasteiger partial charge is 0.340 e. The summed E-state index contributed by atoms with van der Waals surface area (Å²) in [4.78, 5) is 24.7. The van der Waals surface area contributed by atoms with Gasteiger partial charge in [-0.05, 0) is 35.9 Å². The Hall–Kier alpha value is -2.59. The van der Waals surface area contributed by atoms with Crippen LogP contribution in [-0.4, -0.2) is 17.5 Å². The standard InChI is InChI=1S/C17H12ClNO3/c1-22-17(21)14-10-13(11-5-7-12(18)8-6-11)16(20)19-9-3-2-4-15(14)19/h2-10H,1H3. The molecule has 0 aliphatic heterocycles. The molecule has 2 aromatic heterocycles. The molecule has 3 aromatic rings. The molecule has 22 heavy (non-hydrogen) atoms. The Morgan fingerprint density at radius 2 is 1.86 bits per heavy atom. The van der Waals surface area contributed by atoms with Crippen molar-refractivity contribution in [1.82, 2.24) is 4.40 Å². The van der Waals surface area contributed by atoms with Crippen LogP contribution < -0.4 is 5.56 Å². The number of hydrogen-bond donors (Lipinski definition) is 0. The van der Waals surface area contributed by atoms with Crippen LogP contribution >= 0.6 is 11.6 Å². The Morgan fingerprint density at radius 1 is 1.14 bits per heavy atom. The maximum atomic E-state index is 12.7. The molecule has 0 saturated carbocycles. The Labute approximate surface area is 131 Å². The van der Waals surface area contributed by atoms with E-state index in [0.29, 0.717) is 27.2 Å². The van der Waals surface area contributed by atoms with E-state index in [9.17, 15) is 9.59 Å². The van der Waals surface area contributed by atoms with Crippen LogP contribution in [0, 0.1) is 0 Å². The SMILES string of the molecule is COC(=O)c1cc(-c2ccc(Cl)cc2)c(=O)n2ccccc12. The molecule has 0 aliphatic carbocycles. The third-order valence-electron chi connectivity index (χ3n) is 3.43. The maximum absolute atomic E-state index is 12.7. The fraction of sp³-hybridized carbons (Fsp3) is 0.0588. The van der Waals surface area contributed by atoms with Crippen LogP contribution in [-0.2, 0) is 4.74 Å². The largest absolute Gasteiger partial charge is 0.465 e. The van der Waals surface area contributed by atoms with E-state index >= 15 is 0 Å². The van der Waals surface area contributed by atoms with Crippen molar-refractivity contribution in [2.45, 2.75) is 0 Å². The molecule has 0 unspecified atom stereocenters. The number of pyridine rings is 2. The van der Waals surface area contributed by atoms with Crippen LogP contribution in [0.3, 0.4) is 0 Å². The summed E-state index contributed by atoms with van der Waals surface area (Å²) >= 11 is 5.88. The third-order valence-corrected chi connectivity index (χ3v) is 3.69. The van der Waals surface area contributed by atoms with Gasteiger partial charge in [0.05, 0.1) is 18.2 Å². The first-order valence-corrected chi connectivity index (χ1v) is 6.98. The molecule has 5 heteroatoms. The molecule has 0 saturated heterocycles. The number of esters is 1. The molecular weight excluding hydrogens is 302 g/mol. The van der Waals surface area contributed by atoms with Gasteiger partial charge in [0.2, 0.25) is 0 Å². The number of benzene rings is 1. The lowest BCUT2D eigenvalue weighted by molar-refractivity contribution is 0.0602. The predicted octanol–water partition coefficient (Wildman–Crippen LogP) is 3.41. The zero-order valence-corrected chi connectivity index (χ0v) is 12.5. The minimum Gasteiger partial charge on any atom is -0.465 e. The summed E-state index contributed by atoms with van der Waals surface area (Å²) in [5.74, 6) is -0.487. The highest BCUT2D eigenvalue weighted by Gasteiger charge is 2.16. The van der Waals surface area contributed by atoms with E-state index in [1.54, 1.807) is 54.7 Å². The molecule has 2 heterocycles. The number of ether oxygens (including phenoxy) is 1. The average Bonchev–Trinajstić information content (AvgIpc) is 2.56. The molecule has 0 fully saturated rings. The predicted molar refractivity (Wildman–Crippen MR) is 85.5 cm³/mol. The highest BCUT2D eigenvalue weighted by molar-refractivity contribution is 6.30. The van der Waals surface area contributed by atoms with Crippen LogP contribution in [0.15, 0.2) is 59.5 Å². The minimum atomic E-state index is -0.487. The summed E-state index contributed by atoms with van der Waals surface area (Å²) < 4.78 is 6.26. The lowest BCUT2D eigenvalue weighted by atomic mass is 10.0. The van der Waals surface area contributed by atoms with E-state index in [0.717, 1.165) is 0 Å². The summed E-state index contributed by atoms with van der Waals surface area (Å²) in [5.41, 5.74) is 1.76. The third kappa shape index (κ3) is 2.38. The second-order valence-corrected chi connectivity index (χ2v) is 5.17. The lowest BCUT2D eigenvalue weighted by Gasteiger charge is -2.10. The molecule has 110 valence electrons. The molecule has 1 aromatic carbocycles. The highest BCUT2D eigenvalue weighted by atomic mass is 35.5. The molecule has 0 amide bonds. The van der Waals surface area contributed by atoms with Gasteiger partial charge in [0, 0.05) is 16.8 Å². The molecule has 0 atom stereocenters. The second kappa shape index (κ2) is 5.66. The van der Waals surface area contributed by atoms with Gasteiger partial charge in [-0.2, -0.15) is 0 Å². The summed E-state index contributed by atoms with van der Waals surface area (Å²) in [6, 6.07) is 13.7. The average molecular weight is 314 g/mol. The van der Waals surface area contributed by atoms with Gasteiger partial charge < -0.3 is 4.74 Å². The second-order valence-electron chi connectivity index (χ2n) is 4.73. The van der Waals surface area contributed by atoms with Crippen LogP contribution in [0.2, 0.25) is 5.02 Å². The van der Waals surface area contributed by atoms with Gasteiger partial charge in [-0.15, -0.1) is 0 Å². The number of fused-ring (bicyclic) bond motifs is 1. The Morgan fingerprint density at radius 3 is 2.55 bits per heavy atom. The first-order chi connectivity index (χ1) is 10.6. The van der Waals surface area contributed by atoms with Gasteiger partial charge in [-0.3, -0.25) is 9.20 Å². The summed E-state index contributed by atoms with van der Waals surface area (Å²) in [6.45, 7) is 0. The number of nitrogens with zero attached hydrogens (tertiary/aromatic N) is 1. The normalized spacial score (nSPS) is 10.6. The molecular formula is C17H12ClNO3. The molecule has 0 aliphatic rings. The Balaban J connectivity index is 2.36. The van der Waals surface area contributed by atoms with Crippen LogP contribution in [0.1, 0.15) is 10.4 Å². The lowest BCUT2D eigenvalue weighted by Crippen LogP contribution is -2.19. The zero-order valence-electron chi connectivity index (χ0n) is 11.7. The number of halogens is 1. The van der Waals surface area contributed by atoms with E-state index in [1.807, 2.05) is 0 Å². The zero-order chi connectivity index (χ0) is 15.7. The van der Waals surface area contributed by atoms with Crippen molar-refractivity contribution in [3.8, 4) is 11.1 Å². The van der Waals surface area contributed by atoms with Crippen molar-refractivity contribution < 1.29 is 9.53 Å². The van der Waals surface area contributed by atoms with Gasteiger partial charge in [0.25, 0.3) is 5.56 Å². The van der Waals surface area contributed by atoms with Gasteiger partial charge in [-0.25, -0.2) is 4.79 Å². The van der Waals surface area contributed by atoms with Crippen LogP contribution in [0.4, 0.5) is 0 Å². The highest BCUT2D eigenvalue weighted by Crippen LogP contribution is 2.22. The topological polar surface area (TPSA) is 47.8 Å². The minimum absolute atomic E-state index is 0.203. The van der Waals surface area contributed by atoms with E-state index < -0.39 is 5.97 Å². The number of carbonyl (C=O) groups is 1. The first kappa shape index (κ1) is 14.4. The van der Waals surface area contributed by atoms with Crippen molar-refractivity contribution in [3.63, 3.8) is 0 Å². The van der Waals surface area contributed by atoms with E-state index in [4.69, 9.17) is 16.3 Å². The number of rotatable bonds is 2. The number of carbonyl (C=O) groups excluding carboxylic acids is 1. The van der Waals surface area contributed by atoms with Crippen LogP contribution in [0.25, 0.3) is 16.6 Å². The summed E-state index contributed by atoms with van der Waals surface area (Å²) in [5, 5.41) is 0.581. The molecule has 0 bridgehead atoms. The molecule has 0 N–H and O–H groups in total. The fourth-order valence-corrected chi connectivity index (χ4v) is 2.49. The first-order valence-electron chi connectivity index (χ1n) is 6.60. The van der Waals surface area contributed by atoms with Gasteiger partial charge in [-0.1, -0.05) is 29.8 Å².